The van der Waals surface area contributed by atoms with Crippen molar-refractivity contribution in [3.63, 3.8) is 0 Å². The first-order chi connectivity index (χ1) is 10.8. The molecule has 2 heterocycles. The molecule has 132 valence electrons. The number of aliphatic imine (C=N–C) groups is 1. The minimum Gasteiger partial charge on any atom is -0.357 e. The fourth-order valence-corrected chi connectivity index (χ4v) is 2.94. The number of halogens is 1. The molecule has 1 aliphatic rings. The lowest BCUT2D eigenvalue weighted by Gasteiger charge is -2.32. The van der Waals surface area contributed by atoms with Gasteiger partial charge in [0.2, 0.25) is 0 Å². The fourth-order valence-electron chi connectivity index (χ4n) is 2.94. The zero-order valence-corrected chi connectivity index (χ0v) is 16.8. The second kappa shape index (κ2) is 11.7. The average molecular weight is 433 g/mol. The third-order valence-electron chi connectivity index (χ3n) is 4.27. The molecule has 1 aromatic rings. The average Bonchev–Trinajstić information content (AvgIpc) is 3.02. The van der Waals surface area contributed by atoms with E-state index in [0.29, 0.717) is 6.04 Å². The van der Waals surface area contributed by atoms with E-state index in [1.54, 1.807) is 0 Å². The minimum absolute atomic E-state index is 0. The standard InChI is InChI=1S/C17H31N5.HI/c1-3-18-17(19-9-14-21-11-6-7-12-21)20-10-15-22-13-5-4-8-16(22)2;/h6-7,11-12,16H,3-5,8-10,13-15H2,1-2H3,(H2,18,19,20);1H. The summed E-state index contributed by atoms with van der Waals surface area (Å²) in [5.41, 5.74) is 0. The number of aromatic nitrogens is 1. The number of hydrogen-bond acceptors (Lipinski definition) is 2. The zero-order valence-electron chi connectivity index (χ0n) is 14.5. The van der Waals surface area contributed by atoms with Crippen molar-refractivity contribution in [2.45, 2.75) is 45.7 Å². The van der Waals surface area contributed by atoms with E-state index in [4.69, 9.17) is 4.99 Å². The molecule has 23 heavy (non-hydrogen) atoms. The van der Waals surface area contributed by atoms with Gasteiger partial charge in [0.1, 0.15) is 0 Å². The van der Waals surface area contributed by atoms with Crippen molar-refractivity contribution in [3.05, 3.63) is 24.5 Å². The Balaban J connectivity index is 0.00000264. The number of guanidine groups is 1. The molecule has 1 aliphatic heterocycles. The van der Waals surface area contributed by atoms with Crippen LogP contribution in [0.2, 0.25) is 0 Å². The normalized spacial score (nSPS) is 19.2. The molecule has 0 aliphatic carbocycles. The van der Waals surface area contributed by atoms with E-state index >= 15 is 0 Å². The van der Waals surface area contributed by atoms with Crippen LogP contribution in [0.25, 0.3) is 0 Å². The molecule has 1 aromatic heterocycles. The van der Waals surface area contributed by atoms with E-state index in [1.165, 1.54) is 25.8 Å². The van der Waals surface area contributed by atoms with Crippen molar-refractivity contribution in [2.75, 3.05) is 32.7 Å². The number of likely N-dealkylation sites (tertiary alicyclic amines) is 1. The lowest BCUT2D eigenvalue weighted by Crippen LogP contribution is -2.41. The van der Waals surface area contributed by atoms with Gasteiger partial charge < -0.3 is 15.2 Å². The highest BCUT2D eigenvalue weighted by Crippen LogP contribution is 2.15. The quantitative estimate of drug-likeness (QED) is 0.395. The minimum atomic E-state index is 0. The van der Waals surface area contributed by atoms with Crippen LogP contribution in [0.5, 0.6) is 0 Å². The molecule has 0 radical (unpaired) electrons. The summed E-state index contributed by atoms with van der Waals surface area (Å²) in [5.74, 6) is 0.930. The van der Waals surface area contributed by atoms with Gasteiger partial charge >= 0.3 is 0 Å². The van der Waals surface area contributed by atoms with Crippen molar-refractivity contribution < 1.29 is 0 Å². The summed E-state index contributed by atoms with van der Waals surface area (Å²) in [7, 11) is 0. The third-order valence-corrected chi connectivity index (χ3v) is 4.27. The summed E-state index contributed by atoms with van der Waals surface area (Å²) in [6, 6.07) is 4.83. The monoisotopic (exact) mass is 433 g/mol. The highest BCUT2D eigenvalue weighted by Gasteiger charge is 2.17. The van der Waals surface area contributed by atoms with E-state index in [2.05, 4.69) is 58.5 Å². The smallest absolute Gasteiger partial charge is 0.191 e. The lowest BCUT2D eigenvalue weighted by atomic mass is 10.0. The summed E-state index contributed by atoms with van der Waals surface area (Å²) in [4.78, 5) is 7.27. The maximum Gasteiger partial charge on any atom is 0.191 e. The number of piperidine rings is 1. The van der Waals surface area contributed by atoms with Crippen LogP contribution in [-0.4, -0.2) is 54.2 Å². The van der Waals surface area contributed by atoms with Crippen molar-refractivity contribution in [2.24, 2.45) is 4.99 Å². The summed E-state index contributed by atoms with van der Waals surface area (Å²) in [5, 5.41) is 6.73. The number of nitrogens with one attached hydrogen (secondary N) is 2. The first-order valence-corrected chi connectivity index (χ1v) is 8.66. The second-order valence-corrected chi connectivity index (χ2v) is 5.99. The summed E-state index contributed by atoms with van der Waals surface area (Å²) in [6.07, 6.45) is 8.22. The Morgan fingerprint density at radius 2 is 1.96 bits per heavy atom. The Morgan fingerprint density at radius 1 is 1.17 bits per heavy atom. The van der Waals surface area contributed by atoms with Crippen LogP contribution in [0, 0.1) is 0 Å². The van der Waals surface area contributed by atoms with Gasteiger partial charge in [0.15, 0.2) is 5.96 Å². The Labute approximate surface area is 157 Å². The van der Waals surface area contributed by atoms with Gasteiger partial charge in [-0.25, -0.2) is 0 Å². The van der Waals surface area contributed by atoms with E-state index in [9.17, 15) is 0 Å². The van der Waals surface area contributed by atoms with Crippen LogP contribution in [0.4, 0.5) is 0 Å². The molecule has 6 heteroatoms. The molecule has 1 saturated heterocycles. The molecule has 5 nitrogen and oxygen atoms in total. The number of nitrogens with zero attached hydrogens (tertiary/aromatic N) is 3. The van der Waals surface area contributed by atoms with Crippen LogP contribution in [-0.2, 0) is 6.54 Å². The van der Waals surface area contributed by atoms with Gasteiger partial charge in [0.25, 0.3) is 0 Å². The molecule has 0 aromatic carbocycles. The zero-order chi connectivity index (χ0) is 15.6. The van der Waals surface area contributed by atoms with Crippen LogP contribution in [0.1, 0.15) is 33.1 Å². The first-order valence-electron chi connectivity index (χ1n) is 8.66. The molecule has 0 saturated carbocycles. The van der Waals surface area contributed by atoms with Crippen molar-refractivity contribution in [1.29, 1.82) is 0 Å². The van der Waals surface area contributed by atoms with Gasteiger partial charge in [0.05, 0.1) is 6.54 Å². The Morgan fingerprint density at radius 3 is 2.65 bits per heavy atom. The highest BCUT2D eigenvalue weighted by molar-refractivity contribution is 14.0. The predicted molar refractivity (Wildman–Crippen MR) is 109 cm³/mol. The molecule has 1 fully saturated rings. The first kappa shape index (κ1) is 20.3. The third kappa shape index (κ3) is 7.56. The second-order valence-electron chi connectivity index (χ2n) is 5.99. The molecule has 2 rings (SSSR count). The molecule has 0 amide bonds. The summed E-state index contributed by atoms with van der Waals surface area (Å²) in [6.45, 7) is 10.3. The van der Waals surface area contributed by atoms with E-state index in [-0.39, 0.29) is 24.0 Å². The van der Waals surface area contributed by atoms with Crippen LogP contribution in [0.15, 0.2) is 29.5 Å². The SMILES string of the molecule is CCNC(=NCCN1CCCCC1C)NCCn1cccc1.I. The van der Waals surface area contributed by atoms with E-state index in [0.717, 1.165) is 38.7 Å². The van der Waals surface area contributed by atoms with Gasteiger partial charge in [-0.05, 0) is 45.4 Å². The van der Waals surface area contributed by atoms with E-state index < -0.39 is 0 Å². The van der Waals surface area contributed by atoms with Crippen molar-refractivity contribution >= 4 is 29.9 Å². The van der Waals surface area contributed by atoms with Gasteiger partial charge in [-0.2, -0.15) is 0 Å². The fraction of sp³-hybridized carbons (Fsp3) is 0.706. The lowest BCUT2D eigenvalue weighted by molar-refractivity contribution is 0.166. The summed E-state index contributed by atoms with van der Waals surface area (Å²) < 4.78 is 2.17. The topological polar surface area (TPSA) is 44.6 Å². The number of rotatable bonds is 7. The molecular weight excluding hydrogens is 401 g/mol. The largest absolute Gasteiger partial charge is 0.357 e. The molecule has 1 atom stereocenters. The number of hydrogen-bond donors (Lipinski definition) is 2. The van der Waals surface area contributed by atoms with Crippen LogP contribution in [0.3, 0.4) is 0 Å². The molecule has 1 unspecified atom stereocenters. The van der Waals surface area contributed by atoms with Gasteiger partial charge in [0, 0.05) is 44.6 Å². The van der Waals surface area contributed by atoms with Gasteiger partial charge in [-0.3, -0.25) is 9.89 Å². The Hall–Kier alpha value is -0.760. The molecular formula is C17H32IN5. The van der Waals surface area contributed by atoms with Gasteiger partial charge in [-0.1, -0.05) is 6.42 Å². The Kier molecular flexibility index (Phi) is 10.3. The van der Waals surface area contributed by atoms with Crippen molar-refractivity contribution in [3.8, 4) is 0 Å². The maximum absolute atomic E-state index is 4.70. The molecule has 2 N–H and O–H groups in total. The Bertz CT molecular complexity index is 432. The van der Waals surface area contributed by atoms with Gasteiger partial charge in [-0.15, -0.1) is 24.0 Å². The predicted octanol–water partition coefficient (Wildman–Crippen LogP) is 2.54. The van der Waals surface area contributed by atoms with Crippen LogP contribution < -0.4 is 10.6 Å². The van der Waals surface area contributed by atoms with Crippen LogP contribution >= 0.6 is 24.0 Å². The molecule has 0 bridgehead atoms. The van der Waals surface area contributed by atoms with Crippen molar-refractivity contribution in [1.82, 2.24) is 20.1 Å². The van der Waals surface area contributed by atoms with E-state index in [1.807, 2.05) is 0 Å². The summed E-state index contributed by atoms with van der Waals surface area (Å²) >= 11 is 0. The molecule has 0 spiro atoms. The maximum atomic E-state index is 4.70. The highest BCUT2D eigenvalue weighted by atomic mass is 127.